The van der Waals surface area contributed by atoms with E-state index in [0.717, 1.165) is 70.1 Å². The van der Waals surface area contributed by atoms with Crippen molar-refractivity contribution in [2.45, 2.75) is 51.1 Å². The lowest BCUT2D eigenvalue weighted by Gasteiger charge is -2.52. The molecule has 1 spiro atoms. The van der Waals surface area contributed by atoms with Crippen molar-refractivity contribution in [2.24, 2.45) is 13.0 Å². The first-order valence-corrected chi connectivity index (χ1v) is 11.9. The zero-order valence-electron chi connectivity index (χ0n) is 19.0. The van der Waals surface area contributed by atoms with E-state index < -0.39 is 0 Å². The predicted octanol–water partition coefficient (Wildman–Crippen LogP) is 3.08. The minimum absolute atomic E-state index is 0.291. The summed E-state index contributed by atoms with van der Waals surface area (Å²) in [6, 6.07) is 9.01. The summed E-state index contributed by atoms with van der Waals surface area (Å²) in [6.07, 6.45) is 9.37. The average Bonchev–Trinajstić information content (AvgIpc) is 3.51. The average molecular weight is 422 g/mol. The van der Waals surface area contributed by atoms with Crippen LogP contribution in [0.2, 0.25) is 0 Å². The number of amides is 1. The van der Waals surface area contributed by atoms with Crippen molar-refractivity contribution in [1.29, 1.82) is 0 Å². The number of benzene rings is 1. The number of carbonyl (C=O) groups excluding carboxylic acids is 1. The number of hydrogen-bond donors (Lipinski definition) is 0. The first-order valence-electron chi connectivity index (χ1n) is 11.9. The van der Waals surface area contributed by atoms with Crippen molar-refractivity contribution in [1.82, 2.24) is 19.6 Å². The molecule has 0 N–H and O–H groups in total. The molecule has 5 rings (SSSR count). The van der Waals surface area contributed by atoms with Crippen LogP contribution < -0.4 is 4.90 Å². The summed E-state index contributed by atoms with van der Waals surface area (Å²) in [5.41, 5.74) is 3.35. The molecule has 1 saturated carbocycles. The largest absolute Gasteiger partial charge is 0.307 e. The summed E-state index contributed by atoms with van der Waals surface area (Å²) in [5, 5.41) is 4.31. The maximum Gasteiger partial charge on any atom is 0.247 e. The molecule has 0 atom stereocenters. The number of rotatable bonds is 6. The van der Waals surface area contributed by atoms with Gasteiger partial charge in [0.15, 0.2) is 0 Å². The fraction of sp³-hybridized carbons (Fsp3) is 0.600. The third-order valence-electron chi connectivity index (χ3n) is 7.54. The molecule has 2 aromatic rings. The van der Waals surface area contributed by atoms with E-state index in [1.54, 1.807) is 4.68 Å². The SMILES string of the molecule is CCc1ccc(CN2CCC3(CC2)C(=O)N(c2cnn(C)c2)CCN3CC2CC2)cc1. The number of piperidine rings is 1. The molecule has 2 saturated heterocycles. The smallest absolute Gasteiger partial charge is 0.247 e. The fourth-order valence-corrected chi connectivity index (χ4v) is 5.34. The minimum atomic E-state index is -0.348. The van der Waals surface area contributed by atoms with Crippen LogP contribution >= 0.6 is 0 Å². The molecule has 1 aromatic carbocycles. The van der Waals surface area contributed by atoms with Crippen LogP contribution in [0.4, 0.5) is 5.69 Å². The summed E-state index contributed by atoms with van der Waals surface area (Å²) in [4.78, 5) is 21.0. The molecule has 3 aliphatic rings. The summed E-state index contributed by atoms with van der Waals surface area (Å²) in [6.45, 7) is 7.95. The molecule has 2 aliphatic heterocycles. The normalized spacial score (nSPS) is 22.4. The van der Waals surface area contributed by atoms with Crippen LogP contribution in [-0.2, 0) is 24.8 Å². The third-order valence-corrected chi connectivity index (χ3v) is 7.54. The Morgan fingerprint density at radius 1 is 1.03 bits per heavy atom. The van der Waals surface area contributed by atoms with E-state index in [-0.39, 0.29) is 5.54 Å². The number of piperazine rings is 1. The maximum atomic E-state index is 13.9. The molecule has 1 aromatic heterocycles. The highest BCUT2D eigenvalue weighted by atomic mass is 16.2. The first kappa shape index (κ1) is 20.7. The van der Waals surface area contributed by atoms with Crippen LogP contribution in [0.1, 0.15) is 43.7 Å². The number of anilines is 1. The van der Waals surface area contributed by atoms with Crippen molar-refractivity contribution < 1.29 is 4.79 Å². The van der Waals surface area contributed by atoms with Gasteiger partial charge >= 0.3 is 0 Å². The molecule has 0 bridgehead atoms. The second kappa shape index (κ2) is 8.40. The topological polar surface area (TPSA) is 44.6 Å². The van der Waals surface area contributed by atoms with Crippen molar-refractivity contribution in [3.8, 4) is 0 Å². The highest BCUT2D eigenvalue weighted by molar-refractivity contribution is 6.01. The Labute approximate surface area is 185 Å². The highest BCUT2D eigenvalue weighted by Crippen LogP contribution is 2.39. The molecule has 3 fully saturated rings. The van der Waals surface area contributed by atoms with E-state index in [0.29, 0.717) is 5.91 Å². The Balaban J connectivity index is 1.31. The van der Waals surface area contributed by atoms with Gasteiger partial charge in [-0.3, -0.25) is 19.3 Å². The van der Waals surface area contributed by atoms with Gasteiger partial charge in [0.25, 0.3) is 0 Å². The van der Waals surface area contributed by atoms with Gasteiger partial charge in [0.1, 0.15) is 5.54 Å². The van der Waals surface area contributed by atoms with Gasteiger partial charge < -0.3 is 4.90 Å². The molecule has 31 heavy (non-hydrogen) atoms. The number of aryl methyl sites for hydroxylation is 2. The molecule has 1 amide bonds. The Morgan fingerprint density at radius 3 is 2.35 bits per heavy atom. The van der Waals surface area contributed by atoms with Gasteiger partial charge in [-0.1, -0.05) is 31.2 Å². The third kappa shape index (κ3) is 4.15. The fourth-order valence-electron chi connectivity index (χ4n) is 5.34. The second-order valence-corrected chi connectivity index (χ2v) is 9.70. The Morgan fingerprint density at radius 2 is 1.74 bits per heavy atom. The maximum absolute atomic E-state index is 13.9. The number of carbonyl (C=O) groups is 1. The van der Waals surface area contributed by atoms with E-state index in [2.05, 4.69) is 46.1 Å². The van der Waals surface area contributed by atoms with Crippen LogP contribution in [0.15, 0.2) is 36.7 Å². The van der Waals surface area contributed by atoms with Crippen molar-refractivity contribution in [3.05, 3.63) is 47.8 Å². The molecular weight excluding hydrogens is 386 g/mol. The Bertz CT molecular complexity index is 908. The zero-order chi connectivity index (χ0) is 21.4. The van der Waals surface area contributed by atoms with E-state index in [9.17, 15) is 4.79 Å². The summed E-state index contributed by atoms with van der Waals surface area (Å²) in [5.74, 6) is 1.09. The molecule has 0 radical (unpaired) electrons. The van der Waals surface area contributed by atoms with E-state index in [4.69, 9.17) is 0 Å². The van der Waals surface area contributed by atoms with Gasteiger partial charge in [-0.05, 0) is 49.1 Å². The monoisotopic (exact) mass is 421 g/mol. The van der Waals surface area contributed by atoms with E-state index in [1.807, 2.05) is 24.3 Å². The summed E-state index contributed by atoms with van der Waals surface area (Å²) >= 11 is 0. The van der Waals surface area contributed by atoms with E-state index >= 15 is 0 Å². The Kier molecular flexibility index (Phi) is 5.61. The molecule has 166 valence electrons. The van der Waals surface area contributed by atoms with Gasteiger partial charge in [-0.15, -0.1) is 0 Å². The lowest BCUT2D eigenvalue weighted by molar-refractivity contribution is -0.138. The number of aromatic nitrogens is 2. The van der Waals surface area contributed by atoms with Gasteiger partial charge in [0.2, 0.25) is 5.91 Å². The van der Waals surface area contributed by atoms with Gasteiger partial charge in [-0.2, -0.15) is 5.10 Å². The highest BCUT2D eigenvalue weighted by Gasteiger charge is 2.52. The summed E-state index contributed by atoms with van der Waals surface area (Å²) in [7, 11) is 1.92. The molecule has 6 nitrogen and oxygen atoms in total. The standard InChI is InChI=1S/C25H35N5O/c1-3-20-4-6-21(7-5-20)17-28-12-10-25(11-13-28)24(31)30(23-16-26-27(2)19-23)15-14-29(25)18-22-8-9-22/h4-7,16,19,22H,3,8-15,17-18H2,1-2H3. The van der Waals surface area contributed by atoms with Crippen LogP contribution in [-0.4, -0.2) is 63.8 Å². The molecule has 3 heterocycles. The Hall–Kier alpha value is -2.18. The number of nitrogens with zero attached hydrogens (tertiary/aromatic N) is 5. The second-order valence-electron chi connectivity index (χ2n) is 9.70. The molecule has 1 aliphatic carbocycles. The van der Waals surface area contributed by atoms with E-state index in [1.165, 1.54) is 24.0 Å². The van der Waals surface area contributed by atoms with Crippen LogP contribution in [0, 0.1) is 5.92 Å². The van der Waals surface area contributed by atoms with Crippen molar-refractivity contribution in [2.75, 3.05) is 37.6 Å². The quantitative estimate of drug-likeness (QED) is 0.719. The van der Waals surface area contributed by atoms with Crippen LogP contribution in [0.25, 0.3) is 0 Å². The first-order chi connectivity index (χ1) is 15.1. The van der Waals surface area contributed by atoms with Gasteiger partial charge in [0, 0.05) is 52.5 Å². The minimum Gasteiger partial charge on any atom is -0.307 e. The van der Waals surface area contributed by atoms with Crippen LogP contribution in [0.5, 0.6) is 0 Å². The number of likely N-dealkylation sites (tertiary alicyclic amines) is 1. The zero-order valence-corrected chi connectivity index (χ0v) is 19.0. The van der Waals surface area contributed by atoms with Gasteiger partial charge in [0.05, 0.1) is 11.9 Å². The van der Waals surface area contributed by atoms with Crippen molar-refractivity contribution in [3.63, 3.8) is 0 Å². The molecule has 6 heteroatoms. The lowest BCUT2D eigenvalue weighted by atomic mass is 9.81. The molecular formula is C25H35N5O. The predicted molar refractivity (Wildman–Crippen MR) is 123 cm³/mol. The van der Waals surface area contributed by atoms with Gasteiger partial charge in [-0.25, -0.2) is 0 Å². The summed E-state index contributed by atoms with van der Waals surface area (Å²) < 4.78 is 1.79. The number of hydrogen-bond acceptors (Lipinski definition) is 4. The lowest BCUT2D eigenvalue weighted by Crippen LogP contribution is -2.69. The van der Waals surface area contributed by atoms with Crippen LogP contribution in [0.3, 0.4) is 0 Å². The van der Waals surface area contributed by atoms with Crippen molar-refractivity contribution >= 4 is 11.6 Å². The molecule has 0 unspecified atom stereocenters.